The van der Waals surface area contributed by atoms with E-state index in [0.717, 1.165) is 60.8 Å². The van der Waals surface area contributed by atoms with Gasteiger partial charge in [0.2, 0.25) is 0 Å². The molecule has 0 unspecified atom stereocenters. The molecule has 10 rings (SSSR count). The Morgan fingerprint density at radius 1 is 0.540 bits per heavy atom. The molecule has 0 spiro atoms. The number of hydrogen-bond donors (Lipinski definition) is 0. The largest absolute Gasteiger partial charge is 0.292 e. The number of aromatic nitrogens is 2. The van der Waals surface area contributed by atoms with E-state index in [9.17, 15) is 4.11 Å². The Bertz CT molecular complexity index is 3130. The lowest BCUT2D eigenvalue weighted by Crippen LogP contribution is -2.14. The fourth-order valence-corrected chi connectivity index (χ4v) is 7.86. The van der Waals surface area contributed by atoms with Crippen LogP contribution in [0.15, 0.2) is 170 Å². The first-order valence-electron chi connectivity index (χ1n) is 20.3. The van der Waals surface area contributed by atoms with Crippen LogP contribution in [-0.4, -0.2) is 9.55 Å². The third kappa shape index (κ3) is 4.18. The minimum Gasteiger partial charge on any atom is -0.292 e. The van der Waals surface area contributed by atoms with Crippen molar-refractivity contribution < 1.29 is 9.60 Å². The third-order valence-electron chi connectivity index (χ3n) is 10.2. The lowest BCUT2D eigenvalue weighted by Gasteiger charge is -2.23. The van der Waals surface area contributed by atoms with Gasteiger partial charge in [0.25, 0.3) is 0 Å². The number of hydrogen-bond acceptors (Lipinski definition) is 1. The van der Waals surface area contributed by atoms with E-state index in [4.69, 9.17) is 10.5 Å². The molecular weight excluding hydrogens is 605 g/mol. The topological polar surface area (TPSA) is 17.8 Å². The first kappa shape index (κ1) is 22.4. The van der Waals surface area contributed by atoms with Crippen molar-refractivity contribution in [1.29, 1.82) is 0 Å². The smallest absolute Gasteiger partial charge is 0.145 e. The van der Waals surface area contributed by atoms with Gasteiger partial charge in [-0.05, 0) is 96.4 Å². The number of fused-ring (bicyclic) bond motifs is 6. The van der Waals surface area contributed by atoms with E-state index in [-0.39, 0.29) is 47.4 Å². The maximum Gasteiger partial charge on any atom is 0.145 e. The average Bonchev–Trinajstić information content (AvgIpc) is 3.74. The second-order valence-corrected chi connectivity index (χ2v) is 13.4. The quantitative estimate of drug-likeness (QED) is 0.174. The summed E-state index contributed by atoms with van der Waals surface area (Å²) in [4.78, 5) is 5.07. The molecule has 0 bridgehead atoms. The van der Waals surface area contributed by atoms with Gasteiger partial charge in [0.05, 0.1) is 20.6 Å². The van der Waals surface area contributed by atoms with Gasteiger partial charge < -0.3 is 0 Å². The van der Waals surface area contributed by atoms with E-state index in [1.807, 2.05) is 86.6 Å². The standard InChI is InChI=1S/C48H34N2/c1-48(2)41-24-11-10-19-35(41)36-28-27-33(30-42(36)48)46-39-22-8-6-20-37(39)45(38-21-7-9-23-40(38)46)32-17-14-18-34(29-32)50-44-26-13-12-25-43(44)49-47(50)31-15-4-3-5-16-31/h3-30H,1-2H3/i10D,11D,19D,24D,27D,28D,30D. The molecule has 0 N–H and O–H groups in total. The average molecular weight is 646 g/mol. The normalized spacial score (nSPS) is 15.1. The molecular formula is C48H34N2. The molecule has 236 valence electrons. The first-order valence-corrected chi connectivity index (χ1v) is 16.8. The van der Waals surface area contributed by atoms with Crippen molar-refractivity contribution in [3.8, 4) is 50.5 Å². The summed E-state index contributed by atoms with van der Waals surface area (Å²) in [5.41, 5.74) is 7.02. The predicted octanol–water partition coefficient (Wildman–Crippen LogP) is 12.6. The molecule has 0 amide bonds. The van der Waals surface area contributed by atoms with Crippen molar-refractivity contribution in [3.05, 3.63) is 181 Å². The highest BCUT2D eigenvalue weighted by molar-refractivity contribution is 6.21. The second kappa shape index (κ2) is 10.9. The molecule has 0 aliphatic heterocycles. The highest BCUT2D eigenvalue weighted by Crippen LogP contribution is 2.51. The van der Waals surface area contributed by atoms with Crippen LogP contribution in [0.2, 0.25) is 0 Å². The summed E-state index contributed by atoms with van der Waals surface area (Å²) < 4.78 is 65.7. The van der Waals surface area contributed by atoms with Crippen LogP contribution in [0.4, 0.5) is 0 Å². The van der Waals surface area contributed by atoms with Crippen LogP contribution in [0.3, 0.4) is 0 Å². The summed E-state index contributed by atoms with van der Waals surface area (Å²) in [7, 11) is 0. The molecule has 1 aromatic heterocycles. The monoisotopic (exact) mass is 645 g/mol. The zero-order valence-corrected chi connectivity index (χ0v) is 27.5. The van der Waals surface area contributed by atoms with Crippen LogP contribution in [0.5, 0.6) is 0 Å². The van der Waals surface area contributed by atoms with Gasteiger partial charge in [-0.25, -0.2) is 4.98 Å². The zero-order chi connectivity index (χ0) is 39.5. The van der Waals surface area contributed by atoms with Gasteiger partial charge in [-0.1, -0.05) is 153 Å². The summed E-state index contributed by atoms with van der Waals surface area (Å²) >= 11 is 0. The summed E-state index contributed by atoms with van der Waals surface area (Å²) in [6, 6.07) is 41.4. The number of nitrogens with zero attached hydrogens (tertiary/aromatic N) is 2. The van der Waals surface area contributed by atoms with Crippen molar-refractivity contribution in [3.63, 3.8) is 0 Å². The van der Waals surface area contributed by atoms with Gasteiger partial charge >= 0.3 is 0 Å². The summed E-state index contributed by atoms with van der Waals surface area (Å²) in [5.74, 6) is 0.839. The van der Waals surface area contributed by atoms with Gasteiger partial charge in [0.1, 0.15) is 5.82 Å². The fraction of sp³-hybridized carbons (Fsp3) is 0.0625. The van der Waals surface area contributed by atoms with Crippen LogP contribution in [0.25, 0.3) is 83.0 Å². The SMILES string of the molecule is [2H]c1c([2H])c([2H])c2c(c1[2H])-c1c([2H])c([2H])c(-c3c4ccccc4c(-c4cccc(-n5c(-c6ccccc6)nc6ccccc65)c4)c4ccccc34)c([2H])c1C2(C)C. The Morgan fingerprint density at radius 2 is 1.14 bits per heavy atom. The molecule has 0 atom stereocenters. The van der Waals surface area contributed by atoms with Crippen LogP contribution in [-0.2, 0) is 5.41 Å². The van der Waals surface area contributed by atoms with Crippen LogP contribution < -0.4 is 0 Å². The number of benzene rings is 8. The van der Waals surface area contributed by atoms with Crippen LogP contribution >= 0.6 is 0 Å². The molecule has 0 fully saturated rings. The summed E-state index contributed by atoms with van der Waals surface area (Å²) in [6.45, 7) is 3.70. The second-order valence-electron chi connectivity index (χ2n) is 13.4. The van der Waals surface area contributed by atoms with Crippen molar-refractivity contribution in [1.82, 2.24) is 9.55 Å². The summed E-state index contributed by atoms with van der Waals surface area (Å²) in [6.07, 6.45) is 0. The van der Waals surface area contributed by atoms with Crippen molar-refractivity contribution >= 4 is 32.6 Å². The molecule has 8 aromatic carbocycles. The van der Waals surface area contributed by atoms with Gasteiger partial charge in [-0.3, -0.25) is 4.57 Å². The van der Waals surface area contributed by atoms with Gasteiger partial charge in [-0.2, -0.15) is 0 Å². The van der Waals surface area contributed by atoms with E-state index in [1.165, 1.54) is 0 Å². The van der Waals surface area contributed by atoms with E-state index in [0.29, 0.717) is 22.3 Å². The van der Waals surface area contributed by atoms with E-state index >= 15 is 0 Å². The Balaban J connectivity index is 1.25. The van der Waals surface area contributed by atoms with Gasteiger partial charge in [0, 0.05) is 16.7 Å². The highest BCUT2D eigenvalue weighted by Gasteiger charge is 2.35. The molecule has 1 aliphatic carbocycles. The van der Waals surface area contributed by atoms with E-state index in [1.54, 1.807) is 0 Å². The lowest BCUT2D eigenvalue weighted by atomic mass is 9.80. The lowest BCUT2D eigenvalue weighted by molar-refractivity contribution is 0.660. The molecule has 1 heterocycles. The van der Waals surface area contributed by atoms with E-state index in [2.05, 4.69) is 59.2 Å². The minimum atomic E-state index is -1.03. The van der Waals surface area contributed by atoms with Crippen molar-refractivity contribution in [2.24, 2.45) is 0 Å². The van der Waals surface area contributed by atoms with E-state index < -0.39 is 11.5 Å². The van der Waals surface area contributed by atoms with Crippen LogP contribution in [0, 0.1) is 0 Å². The maximum absolute atomic E-state index is 9.89. The Kier molecular flexibility index (Phi) is 4.87. The Morgan fingerprint density at radius 3 is 1.88 bits per heavy atom. The number of para-hydroxylation sites is 2. The molecule has 2 nitrogen and oxygen atoms in total. The van der Waals surface area contributed by atoms with Gasteiger partial charge in [-0.15, -0.1) is 0 Å². The first-order chi connectivity index (χ1) is 27.5. The fourth-order valence-electron chi connectivity index (χ4n) is 7.86. The maximum atomic E-state index is 9.89. The number of rotatable bonds is 4. The van der Waals surface area contributed by atoms with Gasteiger partial charge in [0.15, 0.2) is 0 Å². The van der Waals surface area contributed by atoms with Crippen molar-refractivity contribution in [2.75, 3.05) is 0 Å². The molecule has 9 aromatic rings. The zero-order valence-electron chi connectivity index (χ0n) is 34.5. The minimum absolute atomic E-state index is 0.0505. The summed E-state index contributed by atoms with van der Waals surface area (Å²) in [5, 5.41) is 3.51. The Labute approximate surface area is 301 Å². The third-order valence-corrected chi connectivity index (χ3v) is 10.2. The predicted molar refractivity (Wildman–Crippen MR) is 210 cm³/mol. The molecule has 0 saturated carbocycles. The molecule has 0 radical (unpaired) electrons. The molecule has 2 heteroatoms. The molecule has 50 heavy (non-hydrogen) atoms. The van der Waals surface area contributed by atoms with Crippen LogP contribution in [0.1, 0.15) is 34.6 Å². The molecule has 1 aliphatic rings. The molecule has 0 saturated heterocycles. The number of imidazole rings is 1. The Hall–Kier alpha value is -6.25. The van der Waals surface area contributed by atoms with Crippen molar-refractivity contribution in [2.45, 2.75) is 19.3 Å². The highest BCUT2D eigenvalue weighted by atomic mass is 15.1.